The number of rotatable bonds is 2. The third-order valence-corrected chi connectivity index (χ3v) is 5.12. The van der Waals surface area contributed by atoms with Gasteiger partial charge in [-0.1, -0.05) is 79.4 Å². The molecule has 0 bridgehead atoms. The van der Waals surface area contributed by atoms with E-state index in [1.807, 2.05) is 49.4 Å². The van der Waals surface area contributed by atoms with E-state index < -0.39 is 0 Å². The summed E-state index contributed by atoms with van der Waals surface area (Å²) in [6.45, 7) is 8.50. The molecule has 1 aliphatic rings. The largest absolute Gasteiger partial charge is 0.289 e. The van der Waals surface area contributed by atoms with E-state index in [2.05, 4.69) is 43.8 Å². The van der Waals surface area contributed by atoms with Crippen LogP contribution in [0, 0.1) is 6.92 Å². The van der Waals surface area contributed by atoms with Crippen molar-refractivity contribution in [3.63, 3.8) is 0 Å². The highest BCUT2D eigenvalue weighted by atomic mass is 16.1. The molecule has 0 aromatic heterocycles. The minimum Gasteiger partial charge on any atom is -0.289 e. The molecule has 3 aromatic carbocycles. The molecule has 1 heteroatoms. The Hall–Kier alpha value is -3.19. The van der Waals surface area contributed by atoms with Gasteiger partial charge in [-0.3, -0.25) is 4.79 Å². The van der Waals surface area contributed by atoms with E-state index in [1.54, 1.807) is 0 Å². The van der Waals surface area contributed by atoms with Gasteiger partial charge in [-0.2, -0.15) is 0 Å². The van der Waals surface area contributed by atoms with Gasteiger partial charge in [0, 0.05) is 16.7 Å². The second kappa shape index (κ2) is 6.27. The Labute approximate surface area is 154 Å². The molecule has 3 aromatic rings. The predicted octanol–water partition coefficient (Wildman–Crippen LogP) is 6.05. The van der Waals surface area contributed by atoms with Crippen molar-refractivity contribution in [1.29, 1.82) is 0 Å². The predicted molar refractivity (Wildman–Crippen MR) is 108 cm³/mol. The van der Waals surface area contributed by atoms with Gasteiger partial charge in [0.15, 0.2) is 5.78 Å². The number of ketones is 1. The maximum Gasteiger partial charge on any atom is 0.194 e. The molecule has 0 atom stereocenters. The van der Waals surface area contributed by atoms with Crippen LogP contribution in [0.1, 0.15) is 50.7 Å². The van der Waals surface area contributed by atoms with Crippen LogP contribution in [-0.2, 0) is 0 Å². The molecule has 0 radical (unpaired) electrons. The minimum atomic E-state index is 0.0742. The number of hydrogen-bond donors (Lipinski definition) is 0. The molecule has 1 nitrogen and oxygen atoms in total. The topological polar surface area (TPSA) is 17.1 Å². The Bertz CT molecular complexity index is 1080. The van der Waals surface area contributed by atoms with Crippen LogP contribution in [-0.4, -0.2) is 5.78 Å². The number of fused-ring (bicyclic) bond motifs is 2. The molecule has 26 heavy (non-hydrogen) atoms. The highest BCUT2D eigenvalue weighted by Gasteiger charge is 2.28. The number of hydrogen-bond acceptors (Lipinski definition) is 1. The van der Waals surface area contributed by atoms with Crippen molar-refractivity contribution < 1.29 is 4.79 Å². The van der Waals surface area contributed by atoms with Crippen LogP contribution < -0.4 is 0 Å². The minimum absolute atomic E-state index is 0.0742. The lowest BCUT2D eigenvalue weighted by Gasteiger charge is -2.25. The van der Waals surface area contributed by atoms with Crippen molar-refractivity contribution in [3.05, 3.63) is 118 Å². The van der Waals surface area contributed by atoms with Gasteiger partial charge in [-0.15, -0.1) is 0 Å². The molecule has 0 fully saturated rings. The van der Waals surface area contributed by atoms with Crippen LogP contribution in [0.5, 0.6) is 0 Å². The number of aryl methyl sites for hydroxylation is 1. The quantitative estimate of drug-likeness (QED) is 0.435. The summed E-state index contributed by atoms with van der Waals surface area (Å²) in [5.41, 5.74) is 8.86. The summed E-state index contributed by atoms with van der Waals surface area (Å²) < 4.78 is 0. The van der Waals surface area contributed by atoms with Crippen molar-refractivity contribution in [3.8, 4) is 0 Å². The van der Waals surface area contributed by atoms with Crippen molar-refractivity contribution in [2.75, 3.05) is 0 Å². The van der Waals surface area contributed by atoms with E-state index in [1.165, 1.54) is 11.1 Å². The highest BCUT2D eigenvalue weighted by molar-refractivity contribution is 6.19. The monoisotopic (exact) mass is 336 g/mol. The standard InChI is InChI=1S/C25H20O/c1-4-18(19-11-6-5-10-16(19)2)21-14-9-15-23-24(21)17(3)20-12-7-8-13-22(20)25(23)26/h4-15H,3H2,1-2H3/b18-4+. The fraction of sp³-hybridized carbons (Fsp3) is 0.0800. The number of benzene rings is 3. The fourth-order valence-corrected chi connectivity index (χ4v) is 3.85. The number of carbonyl (C=O) groups is 1. The van der Waals surface area contributed by atoms with Crippen LogP contribution in [0.3, 0.4) is 0 Å². The van der Waals surface area contributed by atoms with E-state index in [0.29, 0.717) is 0 Å². The van der Waals surface area contributed by atoms with E-state index in [9.17, 15) is 4.79 Å². The zero-order chi connectivity index (χ0) is 18.3. The van der Waals surface area contributed by atoms with Gasteiger partial charge in [-0.25, -0.2) is 0 Å². The summed E-state index contributed by atoms with van der Waals surface area (Å²) in [5, 5.41) is 0. The lowest BCUT2D eigenvalue weighted by atomic mass is 9.77. The van der Waals surface area contributed by atoms with E-state index >= 15 is 0 Å². The third-order valence-electron chi connectivity index (χ3n) is 5.12. The van der Waals surface area contributed by atoms with E-state index in [-0.39, 0.29) is 5.78 Å². The highest BCUT2D eigenvalue weighted by Crippen LogP contribution is 2.40. The number of allylic oxidation sites excluding steroid dienone is 1. The smallest absolute Gasteiger partial charge is 0.194 e. The summed E-state index contributed by atoms with van der Waals surface area (Å²) in [4.78, 5) is 13.1. The van der Waals surface area contributed by atoms with Gasteiger partial charge in [0.25, 0.3) is 0 Å². The Balaban J connectivity index is 1.98. The zero-order valence-corrected chi connectivity index (χ0v) is 15.0. The first-order valence-electron chi connectivity index (χ1n) is 8.82. The first-order valence-corrected chi connectivity index (χ1v) is 8.82. The van der Waals surface area contributed by atoms with Crippen LogP contribution >= 0.6 is 0 Å². The molecule has 0 spiro atoms. The molecular formula is C25H20O. The molecule has 0 N–H and O–H groups in total. The zero-order valence-electron chi connectivity index (χ0n) is 15.0. The van der Waals surface area contributed by atoms with Crippen molar-refractivity contribution in [2.45, 2.75) is 13.8 Å². The lowest BCUT2D eigenvalue weighted by Crippen LogP contribution is -2.15. The second-order valence-corrected chi connectivity index (χ2v) is 6.60. The summed E-state index contributed by atoms with van der Waals surface area (Å²) in [5.74, 6) is 0.0742. The van der Waals surface area contributed by atoms with Crippen LogP contribution in [0.25, 0.3) is 11.1 Å². The normalized spacial score (nSPS) is 13.4. The van der Waals surface area contributed by atoms with Crippen LogP contribution in [0.2, 0.25) is 0 Å². The first kappa shape index (κ1) is 16.3. The molecule has 0 saturated carbocycles. The van der Waals surface area contributed by atoms with Crippen LogP contribution in [0.15, 0.2) is 79.4 Å². The molecular weight excluding hydrogens is 316 g/mol. The molecule has 0 saturated heterocycles. The number of carbonyl (C=O) groups excluding carboxylic acids is 1. The third kappa shape index (κ3) is 2.36. The Morgan fingerprint density at radius 3 is 2.15 bits per heavy atom. The van der Waals surface area contributed by atoms with Gasteiger partial charge < -0.3 is 0 Å². The summed E-state index contributed by atoms with van der Waals surface area (Å²) in [6.07, 6.45) is 2.12. The van der Waals surface area contributed by atoms with Gasteiger partial charge >= 0.3 is 0 Å². The van der Waals surface area contributed by atoms with Gasteiger partial charge in [0.2, 0.25) is 0 Å². The molecule has 0 unspecified atom stereocenters. The Morgan fingerprint density at radius 1 is 0.808 bits per heavy atom. The average Bonchev–Trinajstić information content (AvgIpc) is 2.68. The molecule has 0 aliphatic heterocycles. The van der Waals surface area contributed by atoms with E-state index in [0.717, 1.165) is 39.0 Å². The Kier molecular flexibility index (Phi) is 3.93. The molecule has 126 valence electrons. The van der Waals surface area contributed by atoms with Gasteiger partial charge in [0.05, 0.1) is 0 Å². The summed E-state index contributed by atoms with van der Waals surface area (Å²) in [7, 11) is 0. The van der Waals surface area contributed by atoms with Gasteiger partial charge in [-0.05, 0) is 47.2 Å². The second-order valence-electron chi connectivity index (χ2n) is 6.60. The van der Waals surface area contributed by atoms with E-state index in [4.69, 9.17) is 0 Å². The fourth-order valence-electron chi connectivity index (χ4n) is 3.85. The Morgan fingerprint density at radius 2 is 1.42 bits per heavy atom. The lowest BCUT2D eigenvalue weighted by molar-refractivity contribution is 0.103. The first-order chi connectivity index (χ1) is 12.6. The maximum atomic E-state index is 13.1. The molecule has 4 rings (SSSR count). The molecule has 1 aliphatic carbocycles. The average molecular weight is 336 g/mol. The van der Waals surface area contributed by atoms with Crippen molar-refractivity contribution in [2.24, 2.45) is 0 Å². The molecule has 0 amide bonds. The van der Waals surface area contributed by atoms with Crippen molar-refractivity contribution >= 4 is 16.9 Å². The van der Waals surface area contributed by atoms with Crippen molar-refractivity contribution in [1.82, 2.24) is 0 Å². The summed E-state index contributed by atoms with van der Waals surface area (Å²) in [6, 6.07) is 22.0. The molecule has 0 heterocycles. The summed E-state index contributed by atoms with van der Waals surface area (Å²) >= 11 is 0. The van der Waals surface area contributed by atoms with Gasteiger partial charge in [0.1, 0.15) is 0 Å². The maximum absolute atomic E-state index is 13.1. The van der Waals surface area contributed by atoms with Crippen LogP contribution in [0.4, 0.5) is 0 Å². The SMILES string of the molecule is C=C1c2ccccc2C(=O)c2cccc(/C(=C/C)c3ccccc3C)c21.